The highest BCUT2D eigenvalue weighted by Crippen LogP contribution is 2.25. The van der Waals surface area contributed by atoms with Crippen molar-refractivity contribution in [3.05, 3.63) is 59.9 Å². The maximum Gasteiger partial charge on any atom is 0.335 e. The van der Waals surface area contributed by atoms with Crippen molar-refractivity contribution in [3.63, 3.8) is 0 Å². The summed E-state index contributed by atoms with van der Waals surface area (Å²) in [6.45, 7) is 1.81. The number of aromatic nitrogens is 2. The van der Waals surface area contributed by atoms with Crippen LogP contribution in [0.3, 0.4) is 0 Å². The molecule has 0 amide bonds. The average molecular weight is 280 g/mol. The van der Waals surface area contributed by atoms with Gasteiger partial charge in [0.1, 0.15) is 5.69 Å². The molecule has 1 aromatic heterocycles. The summed E-state index contributed by atoms with van der Waals surface area (Å²) in [5.41, 5.74) is 3.90. The first-order chi connectivity index (χ1) is 10.1. The van der Waals surface area contributed by atoms with Crippen LogP contribution in [-0.2, 0) is 0 Å². The van der Waals surface area contributed by atoms with Gasteiger partial charge < -0.3 is 9.63 Å². The van der Waals surface area contributed by atoms with Gasteiger partial charge in [0, 0.05) is 10.8 Å². The third-order valence-electron chi connectivity index (χ3n) is 3.28. The quantitative estimate of drug-likeness (QED) is 0.795. The normalized spacial score (nSPS) is 10.5. The van der Waals surface area contributed by atoms with Gasteiger partial charge >= 0.3 is 5.97 Å². The van der Waals surface area contributed by atoms with E-state index in [1.807, 2.05) is 31.2 Å². The third kappa shape index (κ3) is 2.53. The van der Waals surface area contributed by atoms with Crippen molar-refractivity contribution in [2.45, 2.75) is 6.92 Å². The van der Waals surface area contributed by atoms with Gasteiger partial charge in [0.25, 0.3) is 0 Å². The van der Waals surface area contributed by atoms with Gasteiger partial charge in [-0.15, -0.1) is 5.10 Å². The Balaban J connectivity index is 1.90. The van der Waals surface area contributed by atoms with Crippen molar-refractivity contribution in [1.29, 1.82) is 0 Å². The van der Waals surface area contributed by atoms with E-state index in [0.29, 0.717) is 5.76 Å². The molecule has 2 aromatic carbocycles. The summed E-state index contributed by atoms with van der Waals surface area (Å²) < 4.78 is 4.95. The Hall–Kier alpha value is -2.95. The molecule has 104 valence electrons. The molecule has 5 nitrogen and oxygen atoms in total. The molecule has 0 fully saturated rings. The van der Waals surface area contributed by atoms with Crippen LogP contribution >= 0.6 is 0 Å². The number of rotatable bonds is 3. The highest BCUT2D eigenvalue weighted by Gasteiger charge is 2.08. The summed E-state index contributed by atoms with van der Waals surface area (Å²) in [7, 11) is 0. The van der Waals surface area contributed by atoms with Gasteiger partial charge in [0.05, 0.1) is 5.56 Å². The molecule has 0 spiro atoms. The van der Waals surface area contributed by atoms with Crippen LogP contribution in [0.15, 0.2) is 53.1 Å². The van der Waals surface area contributed by atoms with Crippen molar-refractivity contribution in [2.75, 3.05) is 0 Å². The van der Waals surface area contributed by atoms with Crippen LogP contribution in [0.25, 0.3) is 22.4 Å². The van der Waals surface area contributed by atoms with Crippen LogP contribution in [0, 0.1) is 6.92 Å². The molecule has 0 aliphatic carbocycles. The van der Waals surface area contributed by atoms with E-state index >= 15 is 0 Å². The molecule has 0 saturated heterocycles. The predicted molar refractivity (Wildman–Crippen MR) is 76.9 cm³/mol. The Morgan fingerprint density at radius 3 is 1.95 bits per heavy atom. The van der Waals surface area contributed by atoms with Gasteiger partial charge in [0.15, 0.2) is 5.76 Å². The first-order valence-corrected chi connectivity index (χ1v) is 6.38. The molecule has 3 aromatic rings. The monoisotopic (exact) mass is 280 g/mol. The first-order valence-electron chi connectivity index (χ1n) is 6.38. The topological polar surface area (TPSA) is 76.2 Å². The lowest BCUT2D eigenvalue weighted by molar-refractivity contribution is 0.0697. The third-order valence-corrected chi connectivity index (χ3v) is 3.28. The Bertz CT molecular complexity index is 774. The second kappa shape index (κ2) is 5.20. The zero-order valence-electron chi connectivity index (χ0n) is 11.3. The molecule has 1 N–H and O–H groups in total. The fourth-order valence-corrected chi connectivity index (χ4v) is 2.12. The van der Waals surface area contributed by atoms with Gasteiger partial charge in [-0.3, -0.25) is 0 Å². The maximum absolute atomic E-state index is 10.8. The van der Waals surface area contributed by atoms with E-state index in [1.165, 1.54) is 0 Å². The largest absolute Gasteiger partial charge is 0.478 e. The summed E-state index contributed by atoms with van der Waals surface area (Å²) in [5.74, 6) is -0.250. The molecule has 21 heavy (non-hydrogen) atoms. The smallest absolute Gasteiger partial charge is 0.335 e. The van der Waals surface area contributed by atoms with E-state index < -0.39 is 5.97 Å². The zero-order chi connectivity index (χ0) is 14.8. The number of aromatic carboxylic acids is 1. The lowest BCUT2D eigenvalue weighted by atomic mass is 10.0. The summed E-state index contributed by atoms with van der Waals surface area (Å²) >= 11 is 0. The van der Waals surface area contributed by atoms with Crippen molar-refractivity contribution in [3.8, 4) is 22.4 Å². The molecule has 0 atom stereocenters. The number of carboxylic acids is 1. The van der Waals surface area contributed by atoms with E-state index in [0.717, 1.165) is 22.4 Å². The number of hydrogen-bond acceptors (Lipinski definition) is 4. The molecule has 0 aliphatic rings. The molecule has 5 heteroatoms. The highest BCUT2D eigenvalue weighted by atomic mass is 16.5. The van der Waals surface area contributed by atoms with Crippen molar-refractivity contribution >= 4 is 5.97 Å². The van der Waals surface area contributed by atoms with Crippen molar-refractivity contribution in [2.24, 2.45) is 0 Å². The Kier molecular flexibility index (Phi) is 3.23. The lowest BCUT2D eigenvalue weighted by Crippen LogP contribution is -1.94. The Labute approximate surface area is 120 Å². The van der Waals surface area contributed by atoms with Gasteiger partial charge in [-0.05, 0) is 30.2 Å². The SMILES string of the molecule is Cc1onnc1-c1ccc(-c2ccc(C(=O)O)cc2)cc1. The zero-order valence-corrected chi connectivity index (χ0v) is 11.3. The van der Waals surface area contributed by atoms with Crippen LogP contribution in [0.5, 0.6) is 0 Å². The van der Waals surface area contributed by atoms with Crippen LogP contribution in [-0.4, -0.2) is 21.4 Å². The molecule has 0 saturated carbocycles. The minimum absolute atomic E-state index is 0.277. The van der Waals surface area contributed by atoms with Crippen molar-refractivity contribution in [1.82, 2.24) is 10.4 Å². The van der Waals surface area contributed by atoms with E-state index in [2.05, 4.69) is 10.4 Å². The molecular weight excluding hydrogens is 268 g/mol. The molecule has 0 aliphatic heterocycles. The molecule has 3 rings (SSSR count). The average Bonchev–Trinajstić information content (AvgIpc) is 2.94. The minimum Gasteiger partial charge on any atom is -0.478 e. The number of carbonyl (C=O) groups is 1. The van der Waals surface area contributed by atoms with Gasteiger partial charge in [-0.25, -0.2) is 4.79 Å². The standard InChI is InChI=1S/C16H12N2O3/c1-10-15(17-18-21-10)13-6-2-11(3-7-13)12-4-8-14(9-5-12)16(19)20/h2-9H,1H3,(H,19,20). The lowest BCUT2D eigenvalue weighted by Gasteiger charge is -2.04. The van der Waals surface area contributed by atoms with E-state index in [1.54, 1.807) is 24.3 Å². The number of carboxylic acid groups (broad SMARTS) is 1. The summed E-state index contributed by atoms with van der Waals surface area (Å²) in [6, 6.07) is 14.6. The van der Waals surface area contributed by atoms with E-state index in [-0.39, 0.29) is 5.56 Å². The second-order valence-electron chi connectivity index (χ2n) is 4.64. The first kappa shape index (κ1) is 13.1. The van der Waals surface area contributed by atoms with E-state index in [4.69, 9.17) is 9.63 Å². The van der Waals surface area contributed by atoms with Crippen LogP contribution in [0.4, 0.5) is 0 Å². The van der Waals surface area contributed by atoms with Gasteiger partial charge in [-0.1, -0.05) is 36.4 Å². The molecular formula is C16H12N2O3. The summed E-state index contributed by atoms with van der Waals surface area (Å²) in [5, 5.41) is 16.4. The molecule has 0 unspecified atom stereocenters. The minimum atomic E-state index is -0.925. The molecule has 0 radical (unpaired) electrons. The Morgan fingerprint density at radius 1 is 0.952 bits per heavy atom. The fourth-order valence-electron chi connectivity index (χ4n) is 2.12. The summed E-state index contributed by atoms with van der Waals surface area (Å²) in [6.07, 6.45) is 0. The highest BCUT2D eigenvalue weighted by molar-refractivity contribution is 5.88. The summed E-state index contributed by atoms with van der Waals surface area (Å²) in [4.78, 5) is 10.8. The second-order valence-corrected chi connectivity index (χ2v) is 4.64. The number of nitrogens with zero attached hydrogens (tertiary/aromatic N) is 2. The Morgan fingerprint density at radius 2 is 1.48 bits per heavy atom. The maximum atomic E-state index is 10.8. The molecule has 1 heterocycles. The molecule has 0 bridgehead atoms. The number of hydrogen-bond donors (Lipinski definition) is 1. The number of benzene rings is 2. The number of aryl methyl sites for hydroxylation is 1. The predicted octanol–water partition coefficient (Wildman–Crippen LogP) is 3.41. The van der Waals surface area contributed by atoms with Gasteiger partial charge in [-0.2, -0.15) is 0 Å². The van der Waals surface area contributed by atoms with Crippen LogP contribution in [0.2, 0.25) is 0 Å². The van der Waals surface area contributed by atoms with Crippen LogP contribution in [0.1, 0.15) is 16.1 Å². The fraction of sp³-hybridized carbons (Fsp3) is 0.0625. The van der Waals surface area contributed by atoms with Crippen LogP contribution < -0.4 is 0 Å². The van der Waals surface area contributed by atoms with E-state index in [9.17, 15) is 4.79 Å². The van der Waals surface area contributed by atoms with Crippen molar-refractivity contribution < 1.29 is 14.4 Å². The van der Waals surface area contributed by atoms with Gasteiger partial charge in [0.2, 0.25) is 0 Å².